The van der Waals surface area contributed by atoms with Crippen LogP contribution in [0, 0.1) is 95.0 Å². The second-order valence-corrected chi connectivity index (χ2v) is 9.19. The number of hydrogen-bond acceptors (Lipinski definition) is 5. The van der Waals surface area contributed by atoms with Crippen molar-refractivity contribution in [2.45, 2.75) is 0 Å². The number of halogens is 4. The predicted octanol–water partition coefficient (Wildman–Crippen LogP) is 7.62. The molecular weight excluding hydrogens is 598 g/mol. The second-order valence-electron chi connectivity index (χ2n) is 9.19. The van der Waals surface area contributed by atoms with E-state index < -0.39 is 85.2 Å². The summed E-state index contributed by atoms with van der Waals surface area (Å²) < 4.78 is 61.5. The van der Waals surface area contributed by atoms with E-state index in [0.29, 0.717) is 12.1 Å². The number of rotatable bonds is 2. The van der Waals surface area contributed by atoms with E-state index in [-0.39, 0.29) is 27.8 Å². The van der Waals surface area contributed by atoms with Gasteiger partial charge in [-0.3, -0.25) is 0 Å². The minimum Gasteiger partial charge on any atom is -0.237 e. The summed E-state index contributed by atoms with van der Waals surface area (Å²) in [5, 5.41) is 39.6. The van der Waals surface area contributed by atoms with Crippen LogP contribution in [-0.4, -0.2) is 4.98 Å². The molecule has 0 spiro atoms. The fourth-order valence-corrected chi connectivity index (χ4v) is 5.34. The SMILES string of the molecule is [C-]#[N+]C1=C(c2cc(F)c([N+]#[C-])cc2F)/C(=C(/C#N)[N+]#[C-])c2cc3c(c(F)c21)/C(=C(/C#N)[N+]#[C-])C(c1cc(F)ncc1C#N)=C3C#N. The first-order chi connectivity index (χ1) is 22.1. The minimum atomic E-state index is -1.34. The van der Waals surface area contributed by atoms with Crippen LogP contribution in [0.25, 0.3) is 52.9 Å². The lowest BCUT2D eigenvalue weighted by molar-refractivity contribution is 0.583. The van der Waals surface area contributed by atoms with Crippen LogP contribution in [-0.2, 0) is 0 Å². The van der Waals surface area contributed by atoms with Crippen molar-refractivity contribution in [1.82, 2.24) is 4.98 Å². The molecule has 0 amide bonds. The fourth-order valence-electron chi connectivity index (χ4n) is 5.34. The Labute approximate surface area is 256 Å². The molecule has 0 bridgehead atoms. The number of pyridine rings is 1. The number of allylic oxidation sites excluding steroid dienone is 7. The maximum absolute atomic E-state index is 17.0. The summed E-state index contributed by atoms with van der Waals surface area (Å²) in [6.07, 6.45) is 0.836. The van der Waals surface area contributed by atoms with E-state index in [1.165, 1.54) is 0 Å². The number of aromatic nitrogens is 1. The van der Waals surface area contributed by atoms with Crippen molar-refractivity contribution in [3.8, 4) is 24.3 Å². The van der Waals surface area contributed by atoms with Gasteiger partial charge in [0.15, 0.2) is 0 Å². The van der Waals surface area contributed by atoms with Crippen molar-refractivity contribution in [1.29, 1.82) is 21.0 Å². The lowest BCUT2D eigenvalue weighted by atomic mass is 9.90. The molecular formula is C33H5F4N9. The molecule has 5 rings (SSSR count). The maximum Gasteiger partial charge on any atom is 0.270 e. The molecule has 0 radical (unpaired) electrons. The molecule has 9 nitrogen and oxygen atoms in total. The van der Waals surface area contributed by atoms with E-state index in [2.05, 4.69) is 24.4 Å². The molecule has 0 unspecified atom stereocenters. The molecule has 2 aliphatic rings. The average molecular weight is 603 g/mol. The van der Waals surface area contributed by atoms with Gasteiger partial charge in [-0.25, -0.2) is 48.1 Å². The first-order valence-electron chi connectivity index (χ1n) is 12.3. The van der Waals surface area contributed by atoms with Crippen molar-refractivity contribution in [3.63, 3.8) is 0 Å². The molecule has 2 aromatic carbocycles. The van der Waals surface area contributed by atoms with Gasteiger partial charge in [0.1, 0.15) is 29.6 Å². The van der Waals surface area contributed by atoms with Crippen LogP contribution in [0.3, 0.4) is 0 Å². The number of hydrogen-bond donors (Lipinski definition) is 0. The molecule has 0 N–H and O–H groups in total. The van der Waals surface area contributed by atoms with E-state index in [1.807, 2.05) is 6.07 Å². The van der Waals surface area contributed by atoms with Gasteiger partial charge in [0.25, 0.3) is 11.4 Å². The Hall–Kier alpha value is -7.81. The van der Waals surface area contributed by atoms with Gasteiger partial charge in [-0.05, 0) is 40.5 Å². The van der Waals surface area contributed by atoms with Crippen LogP contribution in [0.4, 0.5) is 23.2 Å². The van der Waals surface area contributed by atoms with Crippen molar-refractivity contribution >= 4 is 39.2 Å². The molecule has 2 aliphatic carbocycles. The van der Waals surface area contributed by atoms with Crippen molar-refractivity contribution in [2.75, 3.05) is 0 Å². The molecule has 1 heterocycles. The molecule has 46 heavy (non-hydrogen) atoms. The van der Waals surface area contributed by atoms with Crippen molar-refractivity contribution in [3.05, 3.63) is 150 Å². The predicted molar refractivity (Wildman–Crippen MR) is 152 cm³/mol. The van der Waals surface area contributed by atoms with E-state index in [1.54, 1.807) is 18.2 Å². The molecule has 13 heteroatoms. The summed E-state index contributed by atoms with van der Waals surface area (Å²) in [5.41, 5.74) is -8.41. The van der Waals surface area contributed by atoms with Gasteiger partial charge in [0, 0.05) is 45.7 Å². The minimum absolute atomic E-state index is 0.297. The molecule has 3 aromatic rings. The number of nitrogens with zero attached hydrogens (tertiary/aromatic N) is 9. The monoisotopic (exact) mass is 603 g/mol. The standard InChI is InChI=1S/C33H5F4N9/c1-42-22-8-20(34)17(6-21(22)35)29-27(23(11-40)43-2)18-5-16-19(10-39)26(15-7-25(36)46-13-14(15)9-38)31(24(12-41)44-3)28(16)32(37)30(18)33(29)45-4/h5-8,13H/b27-23-,31-24-. The first kappa shape index (κ1) is 29.7. The van der Waals surface area contributed by atoms with Gasteiger partial charge in [-0.1, -0.05) is 0 Å². The van der Waals surface area contributed by atoms with Crippen LogP contribution in [0.1, 0.15) is 38.9 Å². The Morgan fingerprint density at radius 2 is 1.35 bits per heavy atom. The van der Waals surface area contributed by atoms with Crippen molar-refractivity contribution in [2.24, 2.45) is 0 Å². The third-order valence-corrected chi connectivity index (χ3v) is 7.10. The van der Waals surface area contributed by atoms with Crippen LogP contribution in [0.2, 0.25) is 0 Å². The van der Waals surface area contributed by atoms with Gasteiger partial charge in [0.2, 0.25) is 17.3 Å². The largest absolute Gasteiger partial charge is 0.270 e. The fraction of sp³-hybridized carbons (Fsp3) is 0. The zero-order chi connectivity index (χ0) is 33.4. The van der Waals surface area contributed by atoms with E-state index in [0.717, 1.165) is 18.3 Å². The summed E-state index contributed by atoms with van der Waals surface area (Å²) in [6, 6.07) is 9.72. The number of fused-ring (bicyclic) bond motifs is 2. The topological polar surface area (TPSA) is 125 Å². The quantitative estimate of drug-likeness (QED) is 0.129. The number of nitriles is 4. The molecule has 1 aromatic heterocycles. The van der Waals surface area contributed by atoms with Gasteiger partial charge in [-0.15, -0.1) is 0 Å². The third kappa shape index (κ3) is 4.05. The zero-order valence-electron chi connectivity index (χ0n) is 22.4. The van der Waals surface area contributed by atoms with Crippen LogP contribution in [0.5, 0.6) is 0 Å². The molecule has 0 fully saturated rings. The molecule has 210 valence electrons. The highest BCUT2D eigenvalue weighted by atomic mass is 19.1. The summed E-state index contributed by atoms with van der Waals surface area (Å²) in [4.78, 5) is 15.9. The molecule has 0 aliphatic heterocycles. The van der Waals surface area contributed by atoms with E-state index in [9.17, 15) is 29.8 Å². The third-order valence-electron chi connectivity index (χ3n) is 7.10. The van der Waals surface area contributed by atoms with Crippen LogP contribution in [0.15, 0.2) is 41.9 Å². The summed E-state index contributed by atoms with van der Waals surface area (Å²) in [6.45, 7) is 30.1. The smallest absolute Gasteiger partial charge is 0.237 e. The highest BCUT2D eigenvalue weighted by Gasteiger charge is 2.41. The lowest BCUT2D eigenvalue weighted by Gasteiger charge is -2.14. The molecule has 0 saturated carbocycles. The summed E-state index contributed by atoms with van der Waals surface area (Å²) >= 11 is 0. The molecule has 0 atom stereocenters. The van der Waals surface area contributed by atoms with Gasteiger partial charge >= 0.3 is 0 Å². The van der Waals surface area contributed by atoms with Crippen LogP contribution < -0.4 is 0 Å². The summed E-state index contributed by atoms with van der Waals surface area (Å²) in [7, 11) is 0. The highest BCUT2D eigenvalue weighted by molar-refractivity contribution is 6.29. The van der Waals surface area contributed by atoms with E-state index in [4.69, 9.17) is 26.3 Å². The Balaban J connectivity index is 2.02. The van der Waals surface area contributed by atoms with Gasteiger partial charge in [0.05, 0.1) is 49.6 Å². The average Bonchev–Trinajstić information content (AvgIpc) is 3.56. The summed E-state index contributed by atoms with van der Waals surface area (Å²) in [5.74, 6) is -4.89. The number of benzene rings is 2. The van der Waals surface area contributed by atoms with Gasteiger partial charge < -0.3 is 0 Å². The zero-order valence-corrected chi connectivity index (χ0v) is 22.4. The normalized spacial score (nSPS) is 14.7. The Morgan fingerprint density at radius 3 is 1.91 bits per heavy atom. The first-order valence-corrected chi connectivity index (χ1v) is 12.3. The lowest BCUT2D eigenvalue weighted by Crippen LogP contribution is -2.01. The van der Waals surface area contributed by atoms with E-state index >= 15 is 8.78 Å². The second kappa shape index (κ2) is 11.1. The Morgan fingerprint density at radius 1 is 0.674 bits per heavy atom. The Kier molecular flexibility index (Phi) is 7.17. The Bertz CT molecular complexity index is 2460. The highest BCUT2D eigenvalue weighted by Crippen LogP contribution is 2.57. The maximum atomic E-state index is 17.0. The van der Waals surface area contributed by atoms with Crippen LogP contribution >= 0.6 is 0 Å². The van der Waals surface area contributed by atoms with Gasteiger partial charge in [-0.2, -0.15) is 14.9 Å². The molecule has 0 saturated heterocycles. The van der Waals surface area contributed by atoms with Crippen molar-refractivity contribution < 1.29 is 17.6 Å².